The lowest BCUT2D eigenvalue weighted by Gasteiger charge is -2.16. The Labute approximate surface area is 95.3 Å². The number of hydrogen-bond donors (Lipinski definition) is 1. The molecule has 0 aliphatic rings. The molecule has 0 aliphatic heterocycles. The topological polar surface area (TPSA) is 42.4 Å². The molecule has 1 unspecified atom stereocenters. The van der Waals surface area contributed by atoms with Gasteiger partial charge in [0.05, 0.1) is 12.7 Å². The first-order valence-corrected chi connectivity index (χ1v) is 5.45. The lowest BCUT2D eigenvalue weighted by molar-refractivity contribution is 0.175. The fraction of sp³-hybridized carbons (Fsp3) is 0.583. The van der Waals surface area contributed by atoms with Crippen molar-refractivity contribution in [2.24, 2.45) is 5.92 Å². The Kier molecular flexibility index (Phi) is 4.68. The van der Waals surface area contributed by atoms with Crippen LogP contribution in [0.5, 0.6) is 5.88 Å². The number of rotatable bonds is 5. The normalized spacial score (nSPS) is 12.9. The molecule has 1 N–H and O–H groups in total. The van der Waals surface area contributed by atoms with E-state index in [1.807, 2.05) is 6.92 Å². The summed E-state index contributed by atoms with van der Waals surface area (Å²) in [6.45, 7) is 5.69. The van der Waals surface area contributed by atoms with Gasteiger partial charge in [0.1, 0.15) is 0 Å². The van der Waals surface area contributed by atoms with E-state index < -0.39 is 5.82 Å². The number of nitrogens with zero attached hydrogens (tertiary/aromatic N) is 1. The summed E-state index contributed by atoms with van der Waals surface area (Å²) in [6.07, 6.45) is 2.19. The Morgan fingerprint density at radius 3 is 2.69 bits per heavy atom. The van der Waals surface area contributed by atoms with Crippen molar-refractivity contribution < 1.29 is 14.2 Å². The summed E-state index contributed by atoms with van der Waals surface area (Å²) in [5, 5.41) is 8.90. The molecule has 0 aliphatic carbocycles. The summed E-state index contributed by atoms with van der Waals surface area (Å²) in [5.41, 5.74) is 0.210. The van der Waals surface area contributed by atoms with Gasteiger partial charge in [0.2, 0.25) is 0 Å². The van der Waals surface area contributed by atoms with Crippen molar-refractivity contribution >= 4 is 0 Å². The predicted molar refractivity (Wildman–Crippen MR) is 59.7 cm³/mol. The molecule has 90 valence electrons. The van der Waals surface area contributed by atoms with E-state index in [1.165, 1.54) is 12.3 Å². The van der Waals surface area contributed by atoms with Crippen molar-refractivity contribution in [3.63, 3.8) is 0 Å². The van der Waals surface area contributed by atoms with Gasteiger partial charge in [-0.25, -0.2) is 9.37 Å². The Morgan fingerprint density at radius 2 is 2.12 bits per heavy atom. The third-order valence-corrected chi connectivity index (χ3v) is 2.22. The van der Waals surface area contributed by atoms with Crippen LogP contribution in [-0.4, -0.2) is 16.2 Å². The largest absolute Gasteiger partial charge is 0.473 e. The quantitative estimate of drug-likeness (QED) is 0.840. The highest BCUT2D eigenvalue weighted by molar-refractivity contribution is 5.22. The second-order valence-corrected chi connectivity index (χ2v) is 4.31. The molecule has 3 nitrogen and oxygen atoms in total. The van der Waals surface area contributed by atoms with E-state index in [4.69, 9.17) is 9.84 Å². The SMILES string of the molecule is CC(C)CC(C)Oc1nccc(CO)c1F. The summed E-state index contributed by atoms with van der Waals surface area (Å²) in [7, 11) is 0. The smallest absolute Gasteiger partial charge is 0.251 e. The Bertz CT molecular complexity index is 342. The molecule has 0 bridgehead atoms. The van der Waals surface area contributed by atoms with Crippen LogP contribution in [0.2, 0.25) is 0 Å². The zero-order valence-corrected chi connectivity index (χ0v) is 9.90. The molecule has 1 rings (SSSR count). The van der Waals surface area contributed by atoms with Crippen molar-refractivity contribution in [3.05, 3.63) is 23.6 Å². The van der Waals surface area contributed by atoms with Crippen molar-refractivity contribution in [2.75, 3.05) is 0 Å². The van der Waals surface area contributed by atoms with Crippen molar-refractivity contribution in [1.29, 1.82) is 0 Å². The highest BCUT2D eigenvalue weighted by Crippen LogP contribution is 2.20. The van der Waals surface area contributed by atoms with Crippen LogP contribution in [0.15, 0.2) is 12.3 Å². The third-order valence-electron chi connectivity index (χ3n) is 2.22. The van der Waals surface area contributed by atoms with Gasteiger partial charge in [-0.1, -0.05) is 13.8 Å². The van der Waals surface area contributed by atoms with Crippen LogP contribution in [0.1, 0.15) is 32.8 Å². The van der Waals surface area contributed by atoms with E-state index in [9.17, 15) is 4.39 Å². The van der Waals surface area contributed by atoms with E-state index in [0.29, 0.717) is 5.92 Å². The van der Waals surface area contributed by atoms with Gasteiger partial charge in [-0.05, 0) is 25.3 Å². The average Bonchev–Trinajstić information content (AvgIpc) is 2.20. The maximum Gasteiger partial charge on any atom is 0.251 e. The third kappa shape index (κ3) is 3.45. The fourth-order valence-corrected chi connectivity index (χ4v) is 1.57. The molecule has 0 aromatic carbocycles. The lowest BCUT2D eigenvalue weighted by Crippen LogP contribution is -2.16. The van der Waals surface area contributed by atoms with Gasteiger partial charge in [-0.2, -0.15) is 0 Å². The highest BCUT2D eigenvalue weighted by Gasteiger charge is 2.14. The molecule has 0 radical (unpaired) electrons. The maximum absolute atomic E-state index is 13.6. The summed E-state index contributed by atoms with van der Waals surface area (Å²) < 4.78 is 19.0. The van der Waals surface area contributed by atoms with Gasteiger partial charge >= 0.3 is 0 Å². The van der Waals surface area contributed by atoms with Gasteiger partial charge in [0.15, 0.2) is 5.82 Å². The van der Waals surface area contributed by atoms with E-state index >= 15 is 0 Å². The van der Waals surface area contributed by atoms with Gasteiger partial charge < -0.3 is 9.84 Å². The van der Waals surface area contributed by atoms with Crippen LogP contribution in [0, 0.1) is 11.7 Å². The fourth-order valence-electron chi connectivity index (χ4n) is 1.57. The summed E-state index contributed by atoms with van der Waals surface area (Å²) in [4.78, 5) is 3.83. The van der Waals surface area contributed by atoms with Crippen LogP contribution >= 0.6 is 0 Å². The van der Waals surface area contributed by atoms with E-state index in [2.05, 4.69) is 18.8 Å². The van der Waals surface area contributed by atoms with Gasteiger partial charge in [0.25, 0.3) is 5.88 Å². The second kappa shape index (κ2) is 5.80. The van der Waals surface area contributed by atoms with Crippen LogP contribution < -0.4 is 4.74 Å². The summed E-state index contributed by atoms with van der Waals surface area (Å²) in [6, 6.07) is 1.44. The zero-order chi connectivity index (χ0) is 12.1. The number of aromatic nitrogens is 1. The van der Waals surface area contributed by atoms with Crippen LogP contribution in [0.4, 0.5) is 4.39 Å². The maximum atomic E-state index is 13.6. The van der Waals surface area contributed by atoms with Crippen LogP contribution in [-0.2, 0) is 6.61 Å². The molecule has 4 heteroatoms. The summed E-state index contributed by atoms with van der Waals surface area (Å²) in [5.74, 6) is -0.112. The molecule has 0 saturated carbocycles. The second-order valence-electron chi connectivity index (χ2n) is 4.31. The molecular weight excluding hydrogens is 209 g/mol. The highest BCUT2D eigenvalue weighted by atomic mass is 19.1. The number of aliphatic hydroxyl groups excluding tert-OH is 1. The molecular formula is C12H18FNO2. The molecule has 1 heterocycles. The number of aliphatic hydroxyl groups is 1. The summed E-state index contributed by atoms with van der Waals surface area (Å²) >= 11 is 0. The Morgan fingerprint density at radius 1 is 1.44 bits per heavy atom. The molecule has 1 aromatic heterocycles. The van der Waals surface area contributed by atoms with E-state index in [0.717, 1.165) is 6.42 Å². The first kappa shape index (κ1) is 12.9. The average molecular weight is 227 g/mol. The molecule has 16 heavy (non-hydrogen) atoms. The minimum atomic E-state index is -0.569. The molecule has 0 saturated heterocycles. The Hall–Kier alpha value is -1.16. The van der Waals surface area contributed by atoms with Crippen molar-refractivity contribution in [1.82, 2.24) is 4.98 Å². The number of ether oxygens (including phenoxy) is 1. The minimum Gasteiger partial charge on any atom is -0.473 e. The van der Waals surface area contributed by atoms with Gasteiger partial charge in [-0.3, -0.25) is 0 Å². The molecule has 1 atom stereocenters. The number of pyridine rings is 1. The number of hydrogen-bond acceptors (Lipinski definition) is 3. The zero-order valence-electron chi connectivity index (χ0n) is 9.90. The van der Waals surface area contributed by atoms with Gasteiger partial charge in [-0.15, -0.1) is 0 Å². The molecule has 1 aromatic rings. The lowest BCUT2D eigenvalue weighted by atomic mass is 10.1. The van der Waals surface area contributed by atoms with E-state index in [1.54, 1.807) is 0 Å². The predicted octanol–water partition coefficient (Wildman–Crippen LogP) is 2.53. The van der Waals surface area contributed by atoms with E-state index in [-0.39, 0.29) is 24.2 Å². The monoisotopic (exact) mass is 227 g/mol. The molecule has 0 fully saturated rings. The molecule has 0 spiro atoms. The minimum absolute atomic E-state index is 0.0281. The first-order chi connectivity index (χ1) is 7.54. The molecule has 0 amide bonds. The van der Waals surface area contributed by atoms with Crippen molar-refractivity contribution in [3.8, 4) is 5.88 Å². The van der Waals surface area contributed by atoms with Crippen molar-refractivity contribution in [2.45, 2.75) is 39.9 Å². The number of halogens is 1. The first-order valence-electron chi connectivity index (χ1n) is 5.45. The van der Waals surface area contributed by atoms with Crippen LogP contribution in [0.25, 0.3) is 0 Å². The van der Waals surface area contributed by atoms with Gasteiger partial charge in [0, 0.05) is 11.8 Å². The Balaban J connectivity index is 2.73. The van der Waals surface area contributed by atoms with Crippen LogP contribution in [0.3, 0.4) is 0 Å². The standard InChI is InChI=1S/C12H18FNO2/c1-8(2)6-9(3)16-12-11(13)10(7-15)4-5-14-12/h4-5,8-9,15H,6-7H2,1-3H3.